The maximum atomic E-state index is 3.75. The molecular weight excluding hydrogens is 218 g/mol. The van der Waals surface area contributed by atoms with Crippen molar-refractivity contribution < 1.29 is 0 Å². The van der Waals surface area contributed by atoms with Crippen molar-refractivity contribution >= 4 is 0 Å². The van der Waals surface area contributed by atoms with Crippen molar-refractivity contribution in [1.29, 1.82) is 0 Å². The predicted molar refractivity (Wildman–Crippen MR) is 82.0 cm³/mol. The van der Waals surface area contributed by atoms with Crippen LogP contribution in [0.15, 0.2) is 0 Å². The SMILES string of the molecule is CCCCC(CC)CC(CC1CCCC1)NCC. The molecule has 0 heterocycles. The quantitative estimate of drug-likeness (QED) is 0.567. The highest BCUT2D eigenvalue weighted by Crippen LogP contribution is 2.30. The Labute approximate surface area is 115 Å². The van der Waals surface area contributed by atoms with Crippen LogP contribution >= 0.6 is 0 Å². The lowest BCUT2D eigenvalue weighted by molar-refractivity contribution is 0.307. The van der Waals surface area contributed by atoms with Crippen molar-refractivity contribution in [3.63, 3.8) is 0 Å². The molecule has 2 unspecified atom stereocenters. The van der Waals surface area contributed by atoms with E-state index in [0.29, 0.717) is 0 Å². The standard InChI is InChI=1S/C17H35N/c1-4-7-10-15(5-2)13-17(18-6-3)14-16-11-8-9-12-16/h15-18H,4-14H2,1-3H3. The Morgan fingerprint density at radius 1 is 1.11 bits per heavy atom. The van der Waals surface area contributed by atoms with Crippen LogP contribution < -0.4 is 5.32 Å². The minimum Gasteiger partial charge on any atom is -0.314 e. The first-order valence-corrected chi connectivity index (χ1v) is 8.53. The number of nitrogens with one attached hydrogen (secondary N) is 1. The molecule has 1 heteroatoms. The lowest BCUT2D eigenvalue weighted by Crippen LogP contribution is -2.32. The Bertz CT molecular complexity index is 184. The molecule has 1 N–H and O–H groups in total. The molecule has 0 aromatic heterocycles. The van der Waals surface area contributed by atoms with Crippen LogP contribution in [0.3, 0.4) is 0 Å². The molecule has 0 aromatic carbocycles. The monoisotopic (exact) mass is 253 g/mol. The number of rotatable bonds is 10. The highest BCUT2D eigenvalue weighted by Gasteiger charge is 2.21. The fourth-order valence-corrected chi connectivity index (χ4v) is 3.58. The van der Waals surface area contributed by atoms with Crippen molar-refractivity contribution in [2.75, 3.05) is 6.54 Å². The van der Waals surface area contributed by atoms with E-state index in [9.17, 15) is 0 Å². The van der Waals surface area contributed by atoms with Gasteiger partial charge in [-0.25, -0.2) is 0 Å². The summed E-state index contributed by atoms with van der Waals surface area (Å²) in [6.07, 6.45) is 14.4. The van der Waals surface area contributed by atoms with Gasteiger partial charge >= 0.3 is 0 Å². The van der Waals surface area contributed by atoms with Crippen molar-refractivity contribution in [2.45, 2.75) is 91.0 Å². The number of unbranched alkanes of at least 4 members (excludes halogenated alkanes) is 1. The van der Waals surface area contributed by atoms with Crippen LogP contribution in [0.4, 0.5) is 0 Å². The minimum absolute atomic E-state index is 0.792. The molecule has 0 spiro atoms. The summed E-state index contributed by atoms with van der Waals surface area (Å²) in [6.45, 7) is 8.09. The Kier molecular flexibility index (Phi) is 8.75. The van der Waals surface area contributed by atoms with Crippen molar-refractivity contribution in [1.82, 2.24) is 5.32 Å². The highest BCUT2D eigenvalue weighted by molar-refractivity contribution is 4.77. The highest BCUT2D eigenvalue weighted by atomic mass is 14.9. The van der Waals surface area contributed by atoms with Crippen LogP contribution in [0.5, 0.6) is 0 Å². The maximum Gasteiger partial charge on any atom is 0.00722 e. The Hall–Kier alpha value is -0.0400. The fourth-order valence-electron chi connectivity index (χ4n) is 3.58. The van der Waals surface area contributed by atoms with E-state index >= 15 is 0 Å². The van der Waals surface area contributed by atoms with Crippen LogP contribution in [0.1, 0.15) is 85.0 Å². The Balaban J connectivity index is 2.33. The van der Waals surface area contributed by atoms with Crippen LogP contribution in [-0.2, 0) is 0 Å². The zero-order valence-corrected chi connectivity index (χ0v) is 13.0. The molecule has 0 saturated heterocycles. The normalized spacial score (nSPS) is 20.2. The van der Waals surface area contributed by atoms with Gasteiger partial charge in [-0.1, -0.05) is 72.1 Å². The molecule has 18 heavy (non-hydrogen) atoms. The van der Waals surface area contributed by atoms with Gasteiger partial charge in [0, 0.05) is 6.04 Å². The van der Waals surface area contributed by atoms with E-state index in [-0.39, 0.29) is 0 Å². The van der Waals surface area contributed by atoms with E-state index in [1.54, 1.807) is 0 Å². The van der Waals surface area contributed by atoms with E-state index in [0.717, 1.165) is 24.4 Å². The van der Waals surface area contributed by atoms with Gasteiger partial charge in [-0.2, -0.15) is 0 Å². The second-order valence-corrected chi connectivity index (χ2v) is 6.29. The summed E-state index contributed by atoms with van der Waals surface area (Å²) in [5, 5.41) is 3.75. The fraction of sp³-hybridized carbons (Fsp3) is 1.00. The third kappa shape index (κ3) is 6.22. The minimum atomic E-state index is 0.792. The third-order valence-corrected chi connectivity index (χ3v) is 4.75. The van der Waals surface area contributed by atoms with Gasteiger partial charge in [0.1, 0.15) is 0 Å². The van der Waals surface area contributed by atoms with Gasteiger partial charge in [0.15, 0.2) is 0 Å². The average molecular weight is 253 g/mol. The van der Waals surface area contributed by atoms with E-state index in [4.69, 9.17) is 0 Å². The summed E-state index contributed by atoms with van der Waals surface area (Å²) < 4.78 is 0. The molecule has 0 radical (unpaired) electrons. The van der Waals surface area contributed by atoms with E-state index in [1.807, 2.05) is 0 Å². The molecule has 0 aliphatic heterocycles. The molecular formula is C17H35N. The topological polar surface area (TPSA) is 12.0 Å². The summed E-state index contributed by atoms with van der Waals surface area (Å²) in [6, 6.07) is 0.792. The summed E-state index contributed by atoms with van der Waals surface area (Å²) in [5.41, 5.74) is 0. The summed E-state index contributed by atoms with van der Waals surface area (Å²) in [5.74, 6) is 1.98. The number of hydrogen-bond acceptors (Lipinski definition) is 1. The first-order chi connectivity index (χ1) is 8.80. The lowest BCUT2D eigenvalue weighted by Gasteiger charge is -2.26. The third-order valence-electron chi connectivity index (χ3n) is 4.75. The lowest BCUT2D eigenvalue weighted by atomic mass is 9.87. The summed E-state index contributed by atoms with van der Waals surface area (Å²) in [4.78, 5) is 0. The molecule has 108 valence electrons. The molecule has 2 atom stereocenters. The van der Waals surface area contributed by atoms with E-state index in [2.05, 4.69) is 26.1 Å². The molecule has 0 amide bonds. The zero-order valence-electron chi connectivity index (χ0n) is 13.0. The largest absolute Gasteiger partial charge is 0.314 e. The van der Waals surface area contributed by atoms with Gasteiger partial charge in [0.2, 0.25) is 0 Å². The van der Waals surface area contributed by atoms with Gasteiger partial charge in [-0.05, 0) is 31.2 Å². The van der Waals surface area contributed by atoms with Gasteiger partial charge in [0.25, 0.3) is 0 Å². The maximum absolute atomic E-state index is 3.75. The molecule has 0 bridgehead atoms. The summed E-state index contributed by atoms with van der Waals surface area (Å²) >= 11 is 0. The van der Waals surface area contributed by atoms with Crippen LogP contribution in [-0.4, -0.2) is 12.6 Å². The average Bonchev–Trinajstić information content (AvgIpc) is 2.87. The van der Waals surface area contributed by atoms with Crippen LogP contribution in [0.25, 0.3) is 0 Å². The molecule has 1 fully saturated rings. The molecule has 1 aliphatic rings. The molecule has 1 nitrogen and oxygen atoms in total. The smallest absolute Gasteiger partial charge is 0.00722 e. The Morgan fingerprint density at radius 3 is 2.39 bits per heavy atom. The summed E-state index contributed by atoms with van der Waals surface area (Å²) in [7, 11) is 0. The van der Waals surface area contributed by atoms with E-state index in [1.165, 1.54) is 64.2 Å². The molecule has 1 saturated carbocycles. The van der Waals surface area contributed by atoms with Gasteiger partial charge in [-0.15, -0.1) is 0 Å². The zero-order chi connectivity index (χ0) is 13.2. The first-order valence-electron chi connectivity index (χ1n) is 8.53. The second kappa shape index (κ2) is 9.83. The first kappa shape index (κ1) is 16.0. The molecule has 0 aromatic rings. The van der Waals surface area contributed by atoms with Crippen molar-refractivity contribution in [2.24, 2.45) is 11.8 Å². The van der Waals surface area contributed by atoms with Crippen molar-refractivity contribution in [3.05, 3.63) is 0 Å². The van der Waals surface area contributed by atoms with Gasteiger partial charge < -0.3 is 5.32 Å². The van der Waals surface area contributed by atoms with Gasteiger partial charge in [-0.3, -0.25) is 0 Å². The van der Waals surface area contributed by atoms with E-state index < -0.39 is 0 Å². The second-order valence-electron chi connectivity index (χ2n) is 6.29. The van der Waals surface area contributed by atoms with Crippen LogP contribution in [0, 0.1) is 11.8 Å². The number of hydrogen-bond donors (Lipinski definition) is 1. The molecule has 1 rings (SSSR count). The predicted octanol–water partition coefficient (Wildman–Crippen LogP) is 5.15. The van der Waals surface area contributed by atoms with Gasteiger partial charge in [0.05, 0.1) is 0 Å². The molecule has 1 aliphatic carbocycles. The Morgan fingerprint density at radius 2 is 1.83 bits per heavy atom. The van der Waals surface area contributed by atoms with Crippen LogP contribution in [0.2, 0.25) is 0 Å². The van der Waals surface area contributed by atoms with Crippen molar-refractivity contribution in [3.8, 4) is 0 Å².